The van der Waals surface area contributed by atoms with E-state index in [1.807, 2.05) is 5.32 Å². The van der Waals surface area contributed by atoms with Crippen LogP contribution in [0.25, 0.3) is 0 Å². The molecule has 0 saturated carbocycles. The van der Waals surface area contributed by atoms with Crippen molar-refractivity contribution >= 4 is 27.5 Å². The van der Waals surface area contributed by atoms with Gasteiger partial charge in [-0.2, -0.15) is 4.68 Å². The van der Waals surface area contributed by atoms with Crippen LogP contribution in [-0.4, -0.2) is 46.5 Å². The van der Waals surface area contributed by atoms with Crippen LogP contribution < -0.4 is 5.32 Å². The zero-order chi connectivity index (χ0) is 17.2. The third kappa shape index (κ3) is 3.55. The van der Waals surface area contributed by atoms with Gasteiger partial charge < -0.3 is 0 Å². The molecule has 23 heavy (non-hydrogen) atoms. The van der Waals surface area contributed by atoms with Gasteiger partial charge in [-0.15, -0.1) is 5.10 Å². The number of rotatable bonds is 3. The number of nitro groups is 1. The van der Waals surface area contributed by atoms with E-state index in [9.17, 15) is 28.1 Å². The Balaban J connectivity index is 2.37. The molecule has 1 N–H and O–H groups in total. The fourth-order valence-corrected chi connectivity index (χ4v) is 2.26. The van der Waals surface area contributed by atoms with E-state index in [2.05, 4.69) is 10.3 Å². The maximum Gasteiger partial charge on any atom is 0.350 e. The van der Waals surface area contributed by atoms with Crippen LogP contribution in [0.1, 0.15) is 10.4 Å². The minimum atomic E-state index is -3.69. The van der Waals surface area contributed by atoms with Gasteiger partial charge in [-0.25, -0.2) is 13.2 Å². The molecule has 0 spiro atoms. The first-order valence-corrected chi connectivity index (χ1v) is 7.80. The molecule has 0 fully saturated rings. The summed E-state index contributed by atoms with van der Waals surface area (Å²) in [5.41, 5.74) is -1.20. The van der Waals surface area contributed by atoms with Gasteiger partial charge in [0.05, 0.1) is 22.2 Å². The Morgan fingerprint density at radius 2 is 2.04 bits per heavy atom. The van der Waals surface area contributed by atoms with E-state index < -0.39 is 37.9 Å². The monoisotopic (exact) mass is 339 g/mol. The minimum Gasteiger partial charge on any atom is -0.272 e. The largest absolute Gasteiger partial charge is 0.350 e. The van der Waals surface area contributed by atoms with Crippen LogP contribution in [0.4, 0.5) is 10.5 Å². The highest BCUT2D eigenvalue weighted by atomic mass is 32.2. The molecule has 2 rings (SSSR count). The van der Waals surface area contributed by atoms with Gasteiger partial charge in [0.2, 0.25) is 0 Å². The highest BCUT2D eigenvalue weighted by molar-refractivity contribution is 7.90. The molecule has 0 unspecified atom stereocenters. The van der Waals surface area contributed by atoms with Crippen molar-refractivity contribution in [1.82, 2.24) is 20.3 Å². The number of nitro benzene ring substituents is 1. The zero-order valence-electron chi connectivity index (χ0n) is 11.5. The fraction of sp³-hybridized carbons (Fsp3) is 0.0909. The average Bonchev–Trinajstić information content (AvgIpc) is 2.99. The fourth-order valence-electron chi connectivity index (χ4n) is 1.62. The molecule has 0 aliphatic heterocycles. The summed E-state index contributed by atoms with van der Waals surface area (Å²) < 4.78 is 23.6. The van der Waals surface area contributed by atoms with E-state index in [-0.39, 0.29) is 4.90 Å². The predicted octanol–water partition coefficient (Wildman–Crippen LogP) is -0.0121. The second kappa shape index (κ2) is 5.92. The second-order valence-corrected chi connectivity index (χ2v) is 6.33. The van der Waals surface area contributed by atoms with Crippen molar-refractivity contribution < 1.29 is 22.9 Å². The lowest BCUT2D eigenvalue weighted by Crippen LogP contribution is -2.34. The number of hydrogen-bond acceptors (Lipinski definition) is 8. The Bertz CT molecular complexity index is 890. The molecule has 0 atom stereocenters. The summed E-state index contributed by atoms with van der Waals surface area (Å²) >= 11 is 0. The summed E-state index contributed by atoms with van der Waals surface area (Å²) in [6.07, 6.45) is 3.25. The van der Waals surface area contributed by atoms with Gasteiger partial charge >= 0.3 is 6.03 Å². The number of sulfone groups is 1. The van der Waals surface area contributed by atoms with E-state index in [1.165, 1.54) is 12.4 Å². The van der Waals surface area contributed by atoms with Crippen LogP contribution in [0.15, 0.2) is 35.5 Å². The summed E-state index contributed by atoms with van der Waals surface area (Å²) in [4.78, 5) is 33.5. The van der Waals surface area contributed by atoms with E-state index >= 15 is 0 Å². The molecule has 2 aromatic rings. The predicted molar refractivity (Wildman–Crippen MR) is 74.5 cm³/mol. The third-order valence-corrected chi connectivity index (χ3v) is 3.80. The lowest BCUT2D eigenvalue weighted by molar-refractivity contribution is -0.385. The minimum absolute atomic E-state index is 0.316. The molecule has 2 amide bonds. The van der Waals surface area contributed by atoms with Gasteiger partial charge in [0, 0.05) is 12.3 Å². The molecule has 12 heteroatoms. The quantitative estimate of drug-likeness (QED) is 0.604. The van der Waals surface area contributed by atoms with E-state index in [4.69, 9.17) is 0 Å². The van der Waals surface area contributed by atoms with Crippen molar-refractivity contribution in [3.63, 3.8) is 0 Å². The number of nitrogens with one attached hydrogen (secondary N) is 1. The van der Waals surface area contributed by atoms with Crippen LogP contribution in [0, 0.1) is 10.1 Å². The Morgan fingerprint density at radius 3 is 2.57 bits per heavy atom. The van der Waals surface area contributed by atoms with E-state index in [1.54, 1.807) is 0 Å². The first kappa shape index (κ1) is 16.2. The van der Waals surface area contributed by atoms with Gasteiger partial charge in [-0.3, -0.25) is 20.2 Å². The molecule has 1 aromatic carbocycles. The number of aromatic nitrogens is 3. The maximum absolute atomic E-state index is 12.0. The van der Waals surface area contributed by atoms with Crippen molar-refractivity contribution in [1.29, 1.82) is 0 Å². The van der Waals surface area contributed by atoms with Gasteiger partial charge in [-0.1, -0.05) is 5.21 Å². The maximum atomic E-state index is 12.0. The molecule has 0 saturated heterocycles. The lowest BCUT2D eigenvalue weighted by Gasteiger charge is -2.05. The average molecular weight is 339 g/mol. The third-order valence-electron chi connectivity index (χ3n) is 2.69. The molecule has 120 valence electrons. The molecule has 0 radical (unpaired) electrons. The number of carbonyl (C=O) groups excluding carboxylic acids is 2. The molecule has 0 aliphatic rings. The van der Waals surface area contributed by atoms with Gasteiger partial charge in [0.15, 0.2) is 9.84 Å². The first-order chi connectivity index (χ1) is 10.7. The van der Waals surface area contributed by atoms with Gasteiger partial charge in [0.1, 0.15) is 5.56 Å². The standard InChI is InChI=1S/C11H9N5O6S/c1-23(21,22)7-2-3-8(9(6-7)16(19)20)10(17)13-11(18)15-5-4-12-14-15/h2-6H,1H3,(H,13,17,18). The molecular formula is C11H9N5O6S. The highest BCUT2D eigenvalue weighted by Gasteiger charge is 2.24. The summed E-state index contributed by atoms with van der Waals surface area (Å²) in [6, 6.07) is 1.79. The molecule has 1 heterocycles. The van der Waals surface area contributed by atoms with E-state index in [0.29, 0.717) is 4.68 Å². The number of hydrogen-bond donors (Lipinski definition) is 1. The highest BCUT2D eigenvalue weighted by Crippen LogP contribution is 2.23. The SMILES string of the molecule is CS(=O)(=O)c1ccc(C(=O)NC(=O)n2ccnn2)c([N+](=O)[O-])c1. The lowest BCUT2D eigenvalue weighted by atomic mass is 10.1. The van der Waals surface area contributed by atoms with Crippen LogP contribution in [0.2, 0.25) is 0 Å². The normalized spacial score (nSPS) is 11.0. The Labute approximate surface area is 129 Å². The van der Waals surface area contributed by atoms with Crippen molar-refractivity contribution in [2.24, 2.45) is 0 Å². The van der Waals surface area contributed by atoms with Crippen molar-refractivity contribution in [2.75, 3.05) is 6.26 Å². The first-order valence-electron chi connectivity index (χ1n) is 5.90. The van der Waals surface area contributed by atoms with Gasteiger partial charge in [0.25, 0.3) is 11.6 Å². The summed E-state index contributed by atoms with van der Waals surface area (Å²) in [7, 11) is -3.69. The van der Waals surface area contributed by atoms with Crippen molar-refractivity contribution in [3.8, 4) is 0 Å². The molecule has 1 aromatic heterocycles. The zero-order valence-corrected chi connectivity index (χ0v) is 12.3. The Morgan fingerprint density at radius 1 is 1.35 bits per heavy atom. The van der Waals surface area contributed by atoms with Crippen LogP contribution in [-0.2, 0) is 9.84 Å². The molecule has 0 bridgehead atoms. The molecular weight excluding hydrogens is 330 g/mol. The Hall–Kier alpha value is -3.15. The van der Waals surface area contributed by atoms with Crippen LogP contribution >= 0.6 is 0 Å². The van der Waals surface area contributed by atoms with Gasteiger partial charge in [-0.05, 0) is 12.1 Å². The number of imide groups is 1. The summed E-state index contributed by atoms with van der Waals surface area (Å²) in [5.74, 6) is -1.07. The van der Waals surface area contributed by atoms with Crippen LogP contribution in [0.3, 0.4) is 0 Å². The smallest absolute Gasteiger partial charge is 0.272 e. The van der Waals surface area contributed by atoms with Crippen molar-refractivity contribution in [2.45, 2.75) is 4.90 Å². The Kier molecular flexibility index (Phi) is 4.18. The van der Waals surface area contributed by atoms with Crippen molar-refractivity contribution in [3.05, 3.63) is 46.3 Å². The number of amides is 2. The molecule has 0 aliphatic carbocycles. The number of benzene rings is 1. The second-order valence-electron chi connectivity index (χ2n) is 4.32. The van der Waals surface area contributed by atoms with Crippen LogP contribution in [0.5, 0.6) is 0 Å². The summed E-state index contributed by atoms with van der Waals surface area (Å²) in [6.45, 7) is 0. The summed E-state index contributed by atoms with van der Waals surface area (Å²) in [5, 5.41) is 19.6. The topological polar surface area (TPSA) is 154 Å². The molecule has 11 nitrogen and oxygen atoms in total. The number of carbonyl (C=O) groups is 2. The number of nitrogens with zero attached hydrogens (tertiary/aromatic N) is 4. The van der Waals surface area contributed by atoms with E-state index in [0.717, 1.165) is 24.5 Å².